The molecule has 0 aliphatic carbocycles. The van der Waals surface area contributed by atoms with Crippen LogP contribution in [0.3, 0.4) is 0 Å². The van der Waals surface area contributed by atoms with Gasteiger partial charge in [-0.3, -0.25) is 10.1 Å². The van der Waals surface area contributed by atoms with Gasteiger partial charge in [0, 0.05) is 28.9 Å². The Hall–Kier alpha value is -1.94. The molecule has 0 atom stereocenters. The third-order valence-electron chi connectivity index (χ3n) is 2.73. The molecule has 0 unspecified atom stereocenters. The van der Waals surface area contributed by atoms with Gasteiger partial charge in [0.05, 0.1) is 11.4 Å². The first kappa shape index (κ1) is 10.2. The molecule has 0 radical (unpaired) electrons. The summed E-state index contributed by atoms with van der Waals surface area (Å²) in [4.78, 5) is 4.05. The molecule has 3 rings (SSSR count). The smallest absolute Gasteiger partial charge is 0.0739 e. The van der Waals surface area contributed by atoms with E-state index in [1.807, 2.05) is 19.1 Å². The average molecular weight is 241 g/mol. The second kappa shape index (κ2) is 4.14. The lowest BCUT2D eigenvalue weighted by molar-refractivity contribution is 1.05. The van der Waals surface area contributed by atoms with Crippen LogP contribution in [-0.4, -0.2) is 15.2 Å². The van der Waals surface area contributed by atoms with Gasteiger partial charge in [-0.1, -0.05) is 0 Å². The number of aromatic amines is 1. The van der Waals surface area contributed by atoms with Crippen molar-refractivity contribution < 1.29 is 0 Å². The van der Waals surface area contributed by atoms with E-state index in [0.717, 1.165) is 22.5 Å². The molecule has 0 spiro atoms. The molecule has 1 N–H and O–H groups in total. The molecule has 0 amide bonds. The Labute approximate surface area is 103 Å². The first-order valence-corrected chi connectivity index (χ1v) is 6.28. The highest BCUT2D eigenvalue weighted by Crippen LogP contribution is 2.33. The van der Waals surface area contributed by atoms with Gasteiger partial charge in [-0.25, -0.2) is 0 Å². The fourth-order valence-electron chi connectivity index (χ4n) is 1.92. The Morgan fingerprint density at radius 3 is 2.65 bits per heavy atom. The van der Waals surface area contributed by atoms with E-state index < -0.39 is 0 Å². The summed E-state index contributed by atoms with van der Waals surface area (Å²) in [6, 6.07) is 6.11. The third kappa shape index (κ3) is 1.76. The second-order valence-electron chi connectivity index (χ2n) is 3.81. The first-order chi connectivity index (χ1) is 8.36. The molecule has 0 aromatic carbocycles. The summed E-state index contributed by atoms with van der Waals surface area (Å²) < 4.78 is 0. The number of nitrogens with zero attached hydrogens (tertiary/aromatic N) is 2. The maximum Gasteiger partial charge on any atom is 0.0739 e. The van der Waals surface area contributed by atoms with Gasteiger partial charge in [0.25, 0.3) is 0 Å². The summed E-state index contributed by atoms with van der Waals surface area (Å²) >= 11 is 1.69. The number of thiophene rings is 1. The zero-order valence-electron chi connectivity index (χ0n) is 9.34. The van der Waals surface area contributed by atoms with E-state index >= 15 is 0 Å². The predicted molar refractivity (Wildman–Crippen MR) is 69.9 cm³/mol. The monoisotopic (exact) mass is 241 g/mol. The molecule has 0 saturated carbocycles. The molecule has 4 heteroatoms. The van der Waals surface area contributed by atoms with Crippen LogP contribution in [0.15, 0.2) is 41.4 Å². The quantitative estimate of drug-likeness (QED) is 0.746. The number of aryl methyl sites for hydroxylation is 1. The second-order valence-corrected chi connectivity index (χ2v) is 4.59. The molecular formula is C13H11N3S. The van der Waals surface area contributed by atoms with E-state index in [-0.39, 0.29) is 0 Å². The van der Waals surface area contributed by atoms with Crippen molar-refractivity contribution in [2.45, 2.75) is 6.92 Å². The molecule has 0 bridgehead atoms. The maximum atomic E-state index is 4.31. The van der Waals surface area contributed by atoms with Gasteiger partial charge in [-0.15, -0.1) is 0 Å². The molecule has 0 aliphatic rings. The van der Waals surface area contributed by atoms with E-state index in [9.17, 15) is 0 Å². The van der Waals surface area contributed by atoms with Gasteiger partial charge in [-0.05, 0) is 36.1 Å². The maximum absolute atomic E-state index is 4.31. The number of nitrogens with one attached hydrogen (secondary N) is 1. The average Bonchev–Trinajstić information content (AvgIpc) is 2.98. The fraction of sp³-hybridized carbons (Fsp3) is 0.0769. The van der Waals surface area contributed by atoms with E-state index in [1.165, 1.54) is 5.56 Å². The Morgan fingerprint density at radius 1 is 1.12 bits per heavy atom. The summed E-state index contributed by atoms with van der Waals surface area (Å²) in [5.41, 5.74) is 5.58. The molecule has 3 nitrogen and oxygen atoms in total. The zero-order valence-corrected chi connectivity index (χ0v) is 10.2. The summed E-state index contributed by atoms with van der Waals surface area (Å²) in [5, 5.41) is 11.6. The Morgan fingerprint density at radius 2 is 1.94 bits per heavy atom. The molecule has 0 saturated heterocycles. The minimum absolute atomic E-state index is 1.01. The van der Waals surface area contributed by atoms with Crippen molar-refractivity contribution in [3.63, 3.8) is 0 Å². The lowest BCUT2D eigenvalue weighted by atomic mass is 10.0. The van der Waals surface area contributed by atoms with Crippen LogP contribution in [-0.2, 0) is 0 Å². The minimum atomic E-state index is 1.01. The van der Waals surface area contributed by atoms with Gasteiger partial charge >= 0.3 is 0 Å². The standard InChI is InChI=1S/C13H11N3S/c1-9-12(10-2-5-14-6-3-10)13(16-15-9)11-4-7-17-8-11/h2-8H,1H3,(H,15,16). The number of aromatic nitrogens is 3. The fourth-order valence-corrected chi connectivity index (χ4v) is 2.57. The van der Waals surface area contributed by atoms with Gasteiger partial charge < -0.3 is 0 Å². The van der Waals surface area contributed by atoms with Crippen LogP contribution in [0, 0.1) is 6.92 Å². The van der Waals surface area contributed by atoms with E-state index in [2.05, 4.69) is 32.0 Å². The van der Waals surface area contributed by atoms with Crippen LogP contribution in [0.5, 0.6) is 0 Å². The van der Waals surface area contributed by atoms with Crippen molar-refractivity contribution >= 4 is 11.3 Å². The Bertz CT molecular complexity index is 611. The molecule has 3 aromatic heterocycles. The highest BCUT2D eigenvalue weighted by atomic mass is 32.1. The highest BCUT2D eigenvalue weighted by Gasteiger charge is 2.13. The van der Waals surface area contributed by atoms with Gasteiger partial charge in [-0.2, -0.15) is 16.4 Å². The van der Waals surface area contributed by atoms with Crippen molar-refractivity contribution in [3.8, 4) is 22.4 Å². The molecular weight excluding hydrogens is 230 g/mol. The van der Waals surface area contributed by atoms with Gasteiger partial charge in [0.1, 0.15) is 0 Å². The number of H-pyrrole nitrogens is 1. The normalized spacial score (nSPS) is 10.6. The predicted octanol–water partition coefficient (Wildman–Crippen LogP) is 3.51. The Balaban J connectivity index is 2.20. The van der Waals surface area contributed by atoms with Gasteiger partial charge in [0.15, 0.2) is 0 Å². The molecule has 0 fully saturated rings. The van der Waals surface area contributed by atoms with Crippen molar-refractivity contribution in [2.24, 2.45) is 0 Å². The molecule has 3 aromatic rings. The summed E-state index contributed by atoms with van der Waals surface area (Å²) in [6.07, 6.45) is 3.61. The number of hydrogen-bond donors (Lipinski definition) is 1. The number of pyridine rings is 1. The largest absolute Gasteiger partial charge is 0.277 e. The lowest BCUT2D eigenvalue weighted by Gasteiger charge is -2.02. The summed E-state index contributed by atoms with van der Waals surface area (Å²) in [6.45, 7) is 2.02. The minimum Gasteiger partial charge on any atom is -0.277 e. The highest BCUT2D eigenvalue weighted by molar-refractivity contribution is 7.08. The third-order valence-corrected chi connectivity index (χ3v) is 3.41. The molecule has 3 heterocycles. The first-order valence-electron chi connectivity index (χ1n) is 5.34. The lowest BCUT2D eigenvalue weighted by Crippen LogP contribution is -1.82. The SMILES string of the molecule is Cc1n[nH]c(-c2ccsc2)c1-c1ccncc1. The van der Waals surface area contributed by atoms with Crippen LogP contribution in [0.2, 0.25) is 0 Å². The zero-order chi connectivity index (χ0) is 11.7. The van der Waals surface area contributed by atoms with E-state index in [0.29, 0.717) is 0 Å². The van der Waals surface area contributed by atoms with Crippen molar-refractivity contribution in [2.75, 3.05) is 0 Å². The van der Waals surface area contributed by atoms with Crippen LogP contribution in [0.1, 0.15) is 5.69 Å². The summed E-state index contributed by atoms with van der Waals surface area (Å²) in [7, 11) is 0. The molecule has 84 valence electrons. The van der Waals surface area contributed by atoms with Crippen molar-refractivity contribution in [3.05, 3.63) is 47.0 Å². The van der Waals surface area contributed by atoms with Crippen LogP contribution >= 0.6 is 11.3 Å². The van der Waals surface area contributed by atoms with E-state index in [1.54, 1.807) is 23.7 Å². The van der Waals surface area contributed by atoms with Crippen molar-refractivity contribution in [1.29, 1.82) is 0 Å². The number of hydrogen-bond acceptors (Lipinski definition) is 3. The van der Waals surface area contributed by atoms with Gasteiger partial charge in [0.2, 0.25) is 0 Å². The molecule has 0 aliphatic heterocycles. The van der Waals surface area contributed by atoms with E-state index in [4.69, 9.17) is 0 Å². The van der Waals surface area contributed by atoms with Crippen LogP contribution in [0.25, 0.3) is 22.4 Å². The number of rotatable bonds is 2. The Kier molecular flexibility index (Phi) is 2.49. The topological polar surface area (TPSA) is 41.6 Å². The summed E-state index contributed by atoms with van der Waals surface area (Å²) in [5.74, 6) is 0. The van der Waals surface area contributed by atoms with Crippen molar-refractivity contribution in [1.82, 2.24) is 15.2 Å². The molecule has 17 heavy (non-hydrogen) atoms. The van der Waals surface area contributed by atoms with Crippen LogP contribution in [0.4, 0.5) is 0 Å². The van der Waals surface area contributed by atoms with Crippen LogP contribution < -0.4 is 0 Å².